The zero-order valence-corrected chi connectivity index (χ0v) is 9.34. The molecule has 0 aliphatic rings. The molecule has 1 aromatic heterocycles. The fourth-order valence-corrected chi connectivity index (χ4v) is 1.17. The first-order valence-corrected chi connectivity index (χ1v) is 5.00. The fourth-order valence-electron chi connectivity index (χ4n) is 1.17. The Balaban J connectivity index is 2.44. The van der Waals surface area contributed by atoms with Gasteiger partial charge in [0.25, 0.3) is 0 Å². The van der Waals surface area contributed by atoms with Crippen molar-refractivity contribution >= 4 is 5.97 Å². The molecule has 1 heterocycles. The maximum absolute atomic E-state index is 10.6. The average molecular weight is 228 g/mol. The molecule has 1 rings (SSSR count). The van der Waals surface area contributed by atoms with Gasteiger partial charge in [0.1, 0.15) is 12.2 Å². The molecule has 90 valence electrons. The van der Waals surface area contributed by atoms with E-state index in [2.05, 4.69) is 15.5 Å². The predicted octanol–water partition coefficient (Wildman–Crippen LogP) is -0.777. The lowest BCUT2D eigenvalue weighted by atomic mass is 10.1. The van der Waals surface area contributed by atoms with Crippen LogP contribution >= 0.6 is 0 Å². The van der Waals surface area contributed by atoms with E-state index in [9.17, 15) is 9.90 Å². The third-order valence-corrected chi connectivity index (χ3v) is 2.25. The molecule has 3 N–H and O–H groups in total. The van der Waals surface area contributed by atoms with Crippen LogP contribution in [0.25, 0.3) is 0 Å². The second kappa shape index (κ2) is 5.04. The number of nitrogens with one attached hydrogen (secondary N) is 1. The van der Waals surface area contributed by atoms with Gasteiger partial charge in [-0.05, 0) is 13.8 Å². The molecule has 0 fully saturated rings. The lowest BCUT2D eigenvalue weighted by Gasteiger charge is -2.18. The number of carboxylic acids is 1. The van der Waals surface area contributed by atoms with Gasteiger partial charge in [0, 0.05) is 13.1 Å². The minimum Gasteiger partial charge on any atom is -0.479 e. The molecule has 7 nitrogen and oxygen atoms in total. The monoisotopic (exact) mass is 228 g/mol. The van der Waals surface area contributed by atoms with Crippen LogP contribution in [-0.2, 0) is 17.9 Å². The van der Waals surface area contributed by atoms with E-state index < -0.39 is 11.6 Å². The minimum absolute atomic E-state index is 0.0428. The maximum atomic E-state index is 10.6. The molecular weight excluding hydrogens is 212 g/mol. The van der Waals surface area contributed by atoms with Gasteiger partial charge in [0.05, 0.1) is 6.54 Å². The van der Waals surface area contributed by atoms with E-state index in [1.165, 1.54) is 6.92 Å². The Hall–Kier alpha value is -1.47. The van der Waals surface area contributed by atoms with Gasteiger partial charge in [0.2, 0.25) is 0 Å². The molecule has 1 atom stereocenters. The molecule has 0 saturated carbocycles. The summed E-state index contributed by atoms with van der Waals surface area (Å²) in [5, 5.41) is 28.6. The average Bonchev–Trinajstić information content (AvgIpc) is 2.64. The SMILES string of the molecule is CCn1cnnc1CNCC(C)(O)C(=O)O. The van der Waals surface area contributed by atoms with E-state index in [0.29, 0.717) is 12.4 Å². The molecule has 0 aliphatic heterocycles. The summed E-state index contributed by atoms with van der Waals surface area (Å²) >= 11 is 0. The first-order chi connectivity index (χ1) is 7.47. The Morgan fingerprint density at radius 1 is 1.69 bits per heavy atom. The number of hydrogen-bond acceptors (Lipinski definition) is 5. The summed E-state index contributed by atoms with van der Waals surface area (Å²) in [6.45, 7) is 4.28. The van der Waals surface area contributed by atoms with E-state index in [4.69, 9.17) is 5.11 Å². The smallest absolute Gasteiger partial charge is 0.336 e. The summed E-state index contributed by atoms with van der Waals surface area (Å²) in [6.07, 6.45) is 1.60. The minimum atomic E-state index is -1.77. The molecule has 0 saturated heterocycles. The largest absolute Gasteiger partial charge is 0.479 e. The summed E-state index contributed by atoms with van der Waals surface area (Å²) < 4.78 is 1.84. The first kappa shape index (κ1) is 12.6. The Morgan fingerprint density at radius 2 is 2.38 bits per heavy atom. The third-order valence-electron chi connectivity index (χ3n) is 2.25. The number of carbonyl (C=O) groups is 1. The number of aliphatic hydroxyl groups is 1. The Kier molecular flexibility index (Phi) is 3.97. The number of aryl methyl sites for hydroxylation is 1. The predicted molar refractivity (Wildman–Crippen MR) is 55.7 cm³/mol. The third kappa shape index (κ3) is 3.01. The van der Waals surface area contributed by atoms with Gasteiger partial charge in [-0.3, -0.25) is 0 Å². The van der Waals surface area contributed by atoms with Crippen molar-refractivity contribution in [3.63, 3.8) is 0 Å². The summed E-state index contributed by atoms with van der Waals surface area (Å²) in [5.41, 5.74) is -1.77. The van der Waals surface area contributed by atoms with Crippen molar-refractivity contribution in [2.75, 3.05) is 6.54 Å². The van der Waals surface area contributed by atoms with Gasteiger partial charge >= 0.3 is 5.97 Å². The quantitative estimate of drug-likeness (QED) is 0.590. The first-order valence-electron chi connectivity index (χ1n) is 5.00. The zero-order valence-electron chi connectivity index (χ0n) is 9.34. The van der Waals surface area contributed by atoms with Crippen molar-refractivity contribution < 1.29 is 15.0 Å². The zero-order chi connectivity index (χ0) is 12.2. The number of rotatable bonds is 6. The molecular formula is C9H16N4O3. The van der Waals surface area contributed by atoms with Crippen LogP contribution in [0.2, 0.25) is 0 Å². The molecule has 0 amide bonds. The van der Waals surface area contributed by atoms with Crippen LogP contribution in [0.15, 0.2) is 6.33 Å². The topological polar surface area (TPSA) is 100 Å². The molecule has 0 radical (unpaired) electrons. The molecule has 0 bridgehead atoms. The van der Waals surface area contributed by atoms with Crippen LogP contribution in [-0.4, -0.2) is 43.1 Å². The summed E-state index contributed by atoms with van der Waals surface area (Å²) in [7, 11) is 0. The summed E-state index contributed by atoms with van der Waals surface area (Å²) in [5.74, 6) is -0.541. The summed E-state index contributed by atoms with van der Waals surface area (Å²) in [4.78, 5) is 10.6. The molecule has 16 heavy (non-hydrogen) atoms. The molecule has 7 heteroatoms. The second-order valence-electron chi connectivity index (χ2n) is 3.72. The Morgan fingerprint density at radius 3 is 2.94 bits per heavy atom. The number of aromatic nitrogens is 3. The van der Waals surface area contributed by atoms with Gasteiger partial charge in [-0.15, -0.1) is 10.2 Å². The van der Waals surface area contributed by atoms with Gasteiger partial charge in [-0.2, -0.15) is 0 Å². The number of aliphatic carboxylic acids is 1. The van der Waals surface area contributed by atoms with Crippen molar-refractivity contribution in [2.24, 2.45) is 0 Å². The van der Waals surface area contributed by atoms with Crippen LogP contribution in [0.4, 0.5) is 0 Å². The highest BCUT2D eigenvalue weighted by Crippen LogP contribution is 2.01. The van der Waals surface area contributed by atoms with Gasteiger partial charge in [0.15, 0.2) is 5.60 Å². The lowest BCUT2D eigenvalue weighted by molar-refractivity contribution is -0.156. The molecule has 0 aliphatic carbocycles. The Bertz CT molecular complexity index is 361. The van der Waals surface area contributed by atoms with Gasteiger partial charge in [-0.1, -0.05) is 0 Å². The van der Waals surface area contributed by atoms with Crippen LogP contribution in [0.1, 0.15) is 19.7 Å². The maximum Gasteiger partial charge on any atom is 0.336 e. The second-order valence-corrected chi connectivity index (χ2v) is 3.72. The van der Waals surface area contributed by atoms with Gasteiger partial charge in [-0.25, -0.2) is 4.79 Å². The van der Waals surface area contributed by atoms with Crippen molar-refractivity contribution in [1.29, 1.82) is 0 Å². The van der Waals surface area contributed by atoms with Crippen molar-refractivity contribution in [3.05, 3.63) is 12.2 Å². The normalized spacial score (nSPS) is 14.7. The molecule has 0 spiro atoms. The molecule has 0 aromatic carbocycles. The standard InChI is InChI=1S/C9H16N4O3/c1-3-13-6-11-12-7(13)4-10-5-9(2,16)8(14)15/h6,10,16H,3-5H2,1-2H3,(H,14,15). The van der Waals surface area contributed by atoms with E-state index in [1.54, 1.807) is 6.33 Å². The van der Waals surface area contributed by atoms with E-state index in [0.717, 1.165) is 6.54 Å². The van der Waals surface area contributed by atoms with Crippen LogP contribution in [0.5, 0.6) is 0 Å². The van der Waals surface area contributed by atoms with Crippen LogP contribution < -0.4 is 5.32 Å². The number of nitrogens with zero attached hydrogens (tertiary/aromatic N) is 3. The summed E-state index contributed by atoms with van der Waals surface area (Å²) in [6, 6.07) is 0. The highest BCUT2D eigenvalue weighted by Gasteiger charge is 2.29. The lowest BCUT2D eigenvalue weighted by Crippen LogP contribution is -2.44. The van der Waals surface area contributed by atoms with Crippen molar-refractivity contribution in [1.82, 2.24) is 20.1 Å². The molecule has 1 unspecified atom stereocenters. The van der Waals surface area contributed by atoms with E-state index in [1.807, 2.05) is 11.5 Å². The van der Waals surface area contributed by atoms with Gasteiger partial charge < -0.3 is 20.1 Å². The van der Waals surface area contributed by atoms with Crippen LogP contribution in [0.3, 0.4) is 0 Å². The van der Waals surface area contributed by atoms with Crippen molar-refractivity contribution in [2.45, 2.75) is 32.5 Å². The highest BCUT2D eigenvalue weighted by molar-refractivity contribution is 5.76. The van der Waals surface area contributed by atoms with Crippen LogP contribution in [0, 0.1) is 0 Å². The fraction of sp³-hybridized carbons (Fsp3) is 0.667. The van der Waals surface area contributed by atoms with E-state index in [-0.39, 0.29) is 6.54 Å². The van der Waals surface area contributed by atoms with E-state index >= 15 is 0 Å². The Labute approximate surface area is 93.1 Å². The number of carboxylic acid groups (broad SMARTS) is 1. The number of hydrogen-bond donors (Lipinski definition) is 3. The molecule has 1 aromatic rings. The van der Waals surface area contributed by atoms with Crippen molar-refractivity contribution in [3.8, 4) is 0 Å². The highest BCUT2D eigenvalue weighted by atomic mass is 16.4.